The Kier molecular flexibility index (Phi) is 5.53. The van der Waals surface area contributed by atoms with E-state index in [2.05, 4.69) is 71.7 Å². The van der Waals surface area contributed by atoms with Gasteiger partial charge in [-0.25, -0.2) is 4.98 Å². The van der Waals surface area contributed by atoms with Crippen molar-refractivity contribution in [2.45, 2.75) is 20.0 Å². The van der Waals surface area contributed by atoms with Gasteiger partial charge in [0.1, 0.15) is 5.82 Å². The third-order valence-corrected chi connectivity index (χ3v) is 3.80. The fourth-order valence-electron chi connectivity index (χ4n) is 2.33. The lowest BCUT2D eigenvalue weighted by Gasteiger charge is -2.24. The molecule has 0 spiro atoms. The molecule has 0 aliphatic rings. The van der Waals surface area contributed by atoms with E-state index in [1.165, 1.54) is 11.1 Å². The molecule has 4 heteroatoms. The van der Waals surface area contributed by atoms with Crippen molar-refractivity contribution in [1.82, 2.24) is 19.4 Å². The van der Waals surface area contributed by atoms with E-state index in [1.54, 1.807) is 0 Å². The zero-order valence-electron chi connectivity index (χ0n) is 13.6. The first-order valence-electron chi connectivity index (χ1n) is 7.44. The van der Waals surface area contributed by atoms with Crippen LogP contribution in [-0.4, -0.2) is 46.5 Å². The summed E-state index contributed by atoms with van der Waals surface area (Å²) in [5, 5.41) is 0. The number of hydrogen-bond acceptors (Lipinski definition) is 3. The Morgan fingerprint density at radius 1 is 1.10 bits per heavy atom. The smallest absolute Gasteiger partial charge is 0.122 e. The second-order valence-corrected chi connectivity index (χ2v) is 5.89. The van der Waals surface area contributed by atoms with Crippen molar-refractivity contribution in [1.29, 1.82) is 0 Å². The average molecular weight is 286 g/mol. The number of aromatic nitrogens is 2. The molecular weight excluding hydrogens is 260 g/mol. The zero-order chi connectivity index (χ0) is 15.2. The van der Waals surface area contributed by atoms with Gasteiger partial charge in [-0.2, -0.15) is 0 Å². The van der Waals surface area contributed by atoms with Gasteiger partial charge in [-0.15, -0.1) is 0 Å². The molecule has 0 aliphatic heterocycles. The van der Waals surface area contributed by atoms with Crippen molar-refractivity contribution in [3.05, 3.63) is 53.6 Å². The molecule has 21 heavy (non-hydrogen) atoms. The molecule has 0 aliphatic carbocycles. The van der Waals surface area contributed by atoms with Gasteiger partial charge >= 0.3 is 0 Å². The summed E-state index contributed by atoms with van der Waals surface area (Å²) in [6.07, 6.45) is 3.88. The van der Waals surface area contributed by atoms with Crippen LogP contribution in [0, 0.1) is 6.92 Å². The molecule has 0 saturated carbocycles. The van der Waals surface area contributed by atoms with Crippen molar-refractivity contribution < 1.29 is 0 Å². The third-order valence-electron chi connectivity index (χ3n) is 3.80. The minimum atomic E-state index is 0.881. The van der Waals surface area contributed by atoms with Gasteiger partial charge in [0.25, 0.3) is 0 Å². The summed E-state index contributed by atoms with van der Waals surface area (Å²) in [4.78, 5) is 9.14. The monoisotopic (exact) mass is 286 g/mol. The number of rotatable bonds is 7. The first-order valence-corrected chi connectivity index (χ1v) is 7.44. The van der Waals surface area contributed by atoms with E-state index in [-0.39, 0.29) is 0 Å². The minimum Gasteiger partial charge on any atom is -0.337 e. The lowest BCUT2D eigenvalue weighted by molar-refractivity contribution is 0.219. The summed E-state index contributed by atoms with van der Waals surface area (Å²) < 4.78 is 2.10. The number of likely N-dealkylation sites (N-methyl/N-ethyl adjacent to an activating group) is 1. The largest absolute Gasteiger partial charge is 0.337 e. The van der Waals surface area contributed by atoms with E-state index in [4.69, 9.17) is 0 Å². The lowest BCUT2D eigenvalue weighted by atomic mass is 10.1. The second kappa shape index (κ2) is 7.38. The zero-order valence-corrected chi connectivity index (χ0v) is 13.6. The van der Waals surface area contributed by atoms with Crippen LogP contribution < -0.4 is 0 Å². The van der Waals surface area contributed by atoms with Crippen LogP contribution in [0.5, 0.6) is 0 Å². The Hall–Kier alpha value is -1.65. The maximum atomic E-state index is 4.45. The first-order chi connectivity index (χ1) is 10.1. The number of nitrogens with zero attached hydrogens (tertiary/aromatic N) is 4. The molecule has 0 bridgehead atoms. The molecule has 0 saturated heterocycles. The van der Waals surface area contributed by atoms with Crippen LogP contribution in [-0.2, 0) is 20.1 Å². The predicted molar refractivity (Wildman–Crippen MR) is 87.1 cm³/mol. The fourth-order valence-corrected chi connectivity index (χ4v) is 2.33. The minimum absolute atomic E-state index is 0.881. The molecule has 0 unspecified atom stereocenters. The van der Waals surface area contributed by atoms with Crippen LogP contribution in [0.3, 0.4) is 0 Å². The predicted octanol–water partition coefficient (Wildman–Crippen LogP) is 2.29. The number of imidazole rings is 1. The van der Waals surface area contributed by atoms with Gasteiger partial charge in [-0.05, 0) is 32.1 Å². The maximum absolute atomic E-state index is 4.45. The van der Waals surface area contributed by atoms with Crippen molar-refractivity contribution in [3.8, 4) is 0 Å². The summed E-state index contributed by atoms with van der Waals surface area (Å²) in [5.74, 6) is 1.11. The molecule has 0 amide bonds. The van der Waals surface area contributed by atoms with Crippen LogP contribution in [0.4, 0.5) is 0 Å². The summed E-state index contributed by atoms with van der Waals surface area (Å²) in [5.41, 5.74) is 2.75. The topological polar surface area (TPSA) is 24.3 Å². The molecular formula is C17H26N4. The third kappa shape index (κ3) is 4.69. The Morgan fingerprint density at radius 2 is 1.86 bits per heavy atom. The highest BCUT2D eigenvalue weighted by molar-refractivity contribution is 5.25. The fraction of sp³-hybridized carbons (Fsp3) is 0.471. The standard InChI is InChI=1S/C17H26N4/c1-15-7-5-6-8-16(15)13-21(12-11-19(2)3)14-17-18-9-10-20(17)4/h5-10H,11-14H2,1-4H3. The molecule has 2 aromatic rings. The van der Waals surface area contributed by atoms with E-state index in [0.29, 0.717) is 0 Å². The van der Waals surface area contributed by atoms with Crippen molar-refractivity contribution in [3.63, 3.8) is 0 Å². The molecule has 0 atom stereocenters. The van der Waals surface area contributed by atoms with Crippen molar-refractivity contribution >= 4 is 0 Å². The van der Waals surface area contributed by atoms with Gasteiger partial charge in [0, 0.05) is 39.1 Å². The van der Waals surface area contributed by atoms with Crippen molar-refractivity contribution in [2.75, 3.05) is 27.2 Å². The summed E-state index contributed by atoms with van der Waals surface area (Å²) in [6, 6.07) is 8.62. The molecule has 0 N–H and O–H groups in total. The molecule has 4 nitrogen and oxygen atoms in total. The molecule has 114 valence electrons. The average Bonchev–Trinajstić information content (AvgIpc) is 2.84. The van der Waals surface area contributed by atoms with Gasteiger partial charge in [-0.1, -0.05) is 24.3 Å². The van der Waals surface area contributed by atoms with E-state index in [0.717, 1.165) is 32.0 Å². The molecule has 2 rings (SSSR count). The Bertz CT molecular complexity index is 559. The van der Waals surface area contributed by atoms with Crippen LogP contribution in [0.25, 0.3) is 0 Å². The van der Waals surface area contributed by atoms with E-state index < -0.39 is 0 Å². The summed E-state index contributed by atoms with van der Waals surface area (Å²) >= 11 is 0. The SMILES string of the molecule is Cc1ccccc1CN(CCN(C)C)Cc1nccn1C. The highest BCUT2D eigenvalue weighted by Gasteiger charge is 2.11. The summed E-state index contributed by atoms with van der Waals surface area (Å²) in [7, 11) is 6.29. The normalized spacial score (nSPS) is 11.5. The number of benzene rings is 1. The van der Waals surface area contributed by atoms with E-state index >= 15 is 0 Å². The Morgan fingerprint density at radius 3 is 2.48 bits per heavy atom. The second-order valence-electron chi connectivity index (χ2n) is 5.89. The highest BCUT2D eigenvalue weighted by Crippen LogP contribution is 2.12. The van der Waals surface area contributed by atoms with Gasteiger partial charge < -0.3 is 9.47 Å². The highest BCUT2D eigenvalue weighted by atomic mass is 15.2. The number of hydrogen-bond donors (Lipinski definition) is 0. The molecule has 0 fully saturated rings. The van der Waals surface area contributed by atoms with Gasteiger partial charge in [0.15, 0.2) is 0 Å². The maximum Gasteiger partial charge on any atom is 0.122 e. The van der Waals surface area contributed by atoms with Crippen LogP contribution >= 0.6 is 0 Å². The number of aryl methyl sites for hydroxylation is 2. The Balaban J connectivity index is 2.08. The van der Waals surface area contributed by atoms with Crippen LogP contribution in [0.2, 0.25) is 0 Å². The molecule has 0 radical (unpaired) electrons. The van der Waals surface area contributed by atoms with Gasteiger partial charge in [-0.3, -0.25) is 4.90 Å². The van der Waals surface area contributed by atoms with Crippen molar-refractivity contribution in [2.24, 2.45) is 7.05 Å². The Labute approximate surface area is 128 Å². The van der Waals surface area contributed by atoms with Crippen LogP contribution in [0.15, 0.2) is 36.7 Å². The van der Waals surface area contributed by atoms with E-state index in [9.17, 15) is 0 Å². The molecule has 1 heterocycles. The van der Waals surface area contributed by atoms with Gasteiger partial charge in [0.2, 0.25) is 0 Å². The molecule has 1 aromatic carbocycles. The van der Waals surface area contributed by atoms with Gasteiger partial charge in [0.05, 0.1) is 6.54 Å². The van der Waals surface area contributed by atoms with Crippen LogP contribution in [0.1, 0.15) is 17.0 Å². The molecule has 1 aromatic heterocycles. The summed E-state index contributed by atoms with van der Waals surface area (Å²) in [6.45, 7) is 6.11. The quantitative estimate of drug-likeness (QED) is 0.780. The van der Waals surface area contributed by atoms with E-state index in [1.807, 2.05) is 12.4 Å². The lowest BCUT2D eigenvalue weighted by Crippen LogP contribution is -2.32. The first kappa shape index (κ1) is 15.7.